The fourth-order valence-corrected chi connectivity index (χ4v) is 1.19. The maximum Gasteiger partial charge on any atom is 0.166 e. The van der Waals surface area contributed by atoms with Crippen LogP contribution in [0.4, 0.5) is 0 Å². The van der Waals surface area contributed by atoms with E-state index >= 15 is 0 Å². The predicted octanol–water partition coefficient (Wildman–Crippen LogP) is 2.47. The van der Waals surface area contributed by atoms with Crippen molar-refractivity contribution in [3.05, 3.63) is 30.1 Å². The van der Waals surface area contributed by atoms with Crippen LogP contribution in [0.15, 0.2) is 24.5 Å². The number of pyridine rings is 1. The molecular weight excluding hydrogens is 190 g/mol. The first-order valence-corrected chi connectivity index (χ1v) is 5.35. The van der Waals surface area contributed by atoms with Gasteiger partial charge in [0.2, 0.25) is 0 Å². The quantitative estimate of drug-likeness (QED) is 0.509. The summed E-state index contributed by atoms with van der Waals surface area (Å²) in [6.45, 7) is 3.37. The predicted molar refractivity (Wildman–Crippen MR) is 58.9 cm³/mol. The maximum absolute atomic E-state index is 11.6. The van der Waals surface area contributed by atoms with Crippen molar-refractivity contribution in [2.45, 2.75) is 26.2 Å². The Labute approximate surface area is 90.5 Å². The molecule has 0 bridgehead atoms. The van der Waals surface area contributed by atoms with Crippen LogP contribution < -0.4 is 0 Å². The van der Waals surface area contributed by atoms with E-state index in [-0.39, 0.29) is 5.78 Å². The Morgan fingerprint density at radius 1 is 1.47 bits per heavy atom. The van der Waals surface area contributed by atoms with Crippen LogP contribution in [-0.4, -0.2) is 24.0 Å². The highest BCUT2D eigenvalue weighted by Crippen LogP contribution is 2.01. The number of unbranched alkanes of at least 4 members (excludes halogenated alkanes) is 1. The van der Waals surface area contributed by atoms with E-state index < -0.39 is 0 Å². The Bertz CT molecular complexity index is 285. The molecule has 0 aliphatic carbocycles. The van der Waals surface area contributed by atoms with E-state index in [0.717, 1.165) is 19.4 Å². The van der Waals surface area contributed by atoms with Gasteiger partial charge in [-0.1, -0.05) is 13.3 Å². The number of ketones is 1. The van der Waals surface area contributed by atoms with Crippen molar-refractivity contribution in [3.63, 3.8) is 0 Å². The van der Waals surface area contributed by atoms with E-state index in [9.17, 15) is 4.79 Å². The Balaban J connectivity index is 2.20. The highest BCUT2D eigenvalue weighted by atomic mass is 16.5. The van der Waals surface area contributed by atoms with Gasteiger partial charge in [-0.25, -0.2) is 0 Å². The van der Waals surface area contributed by atoms with Crippen molar-refractivity contribution in [1.82, 2.24) is 4.98 Å². The number of aromatic nitrogens is 1. The second-order valence-electron chi connectivity index (χ2n) is 3.38. The fraction of sp³-hybridized carbons (Fsp3) is 0.500. The minimum absolute atomic E-state index is 0.0969. The van der Waals surface area contributed by atoms with E-state index in [1.54, 1.807) is 24.5 Å². The second kappa shape index (κ2) is 7.12. The molecule has 3 nitrogen and oxygen atoms in total. The minimum Gasteiger partial charge on any atom is -0.381 e. The van der Waals surface area contributed by atoms with Gasteiger partial charge in [0.15, 0.2) is 5.78 Å². The summed E-state index contributed by atoms with van der Waals surface area (Å²) in [7, 11) is 0. The number of Topliss-reactive ketones (excluding diaryl/α,β-unsaturated/α-hetero) is 1. The molecule has 82 valence electrons. The average Bonchev–Trinajstić information content (AvgIpc) is 2.30. The van der Waals surface area contributed by atoms with E-state index in [2.05, 4.69) is 11.9 Å². The standard InChI is InChI=1S/C12H17NO2/c1-2-3-8-15-9-6-12(14)11-5-4-7-13-10-11/h4-5,7,10H,2-3,6,8-9H2,1H3. The lowest BCUT2D eigenvalue weighted by Gasteiger charge is -2.02. The molecule has 1 rings (SSSR count). The number of nitrogens with zero attached hydrogens (tertiary/aromatic N) is 1. The molecule has 0 amide bonds. The van der Waals surface area contributed by atoms with Crippen molar-refractivity contribution in [1.29, 1.82) is 0 Å². The number of ether oxygens (including phenoxy) is 1. The summed E-state index contributed by atoms with van der Waals surface area (Å²) in [5, 5.41) is 0. The molecule has 0 atom stereocenters. The molecule has 1 aromatic rings. The molecule has 0 saturated carbocycles. The van der Waals surface area contributed by atoms with Gasteiger partial charge < -0.3 is 4.74 Å². The summed E-state index contributed by atoms with van der Waals surface area (Å²) in [4.78, 5) is 15.5. The first-order valence-electron chi connectivity index (χ1n) is 5.35. The highest BCUT2D eigenvalue weighted by molar-refractivity contribution is 5.95. The third kappa shape index (κ3) is 4.70. The van der Waals surface area contributed by atoms with Crippen LogP contribution >= 0.6 is 0 Å². The topological polar surface area (TPSA) is 39.2 Å². The van der Waals surface area contributed by atoms with Gasteiger partial charge in [-0.15, -0.1) is 0 Å². The summed E-state index contributed by atoms with van der Waals surface area (Å²) < 4.78 is 5.32. The Morgan fingerprint density at radius 2 is 2.33 bits per heavy atom. The molecule has 1 heterocycles. The largest absolute Gasteiger partial charge is 0.381 e. The smallest absolute Gasteiger partial charge is 0.166 e. The van der Waals surface area contributed by atoms with Crippen molar-refractivity contribution in [2.24, 2.45) is 0 Å². The molecule has 0 radical (unpaired) electrons. The summed E-state index contributed by atoms with van der Waals surface area (Å²) in [6, 6.07) is 3.55. The molecule has 15 heavy (non-hydrogen) atoms. The fourth-order valence-electron chi connectivity index (χ4n) is 1.19. The van der Waals surface area contributed by atoms with Crippen LogP contribution in [0.3, 0.4) is 0 Å². The lowest BCUT2D eigenvalue weighted by atomic mass is 10.1. The number of rotatable bonds is 7. The van der Waals surface area contributed by atoms with Crippen LogP contribution in [0.1, 0.15) is 36.5 Å². The van der Waals surface area contributed by atoms with E-state index in [0.29, 0.717) is 18.6 Å². The summed E-state index contributed by atoms with van der Waals surface area (Å²) in [5.41, 5.74) is 0.664. The SMILES string of the molecule is CCCCOCCC(=O)c1cccnc1. The second-order valence-corrected chi connectivity index (χ2v) is 3.38. The van der Waals surface area contributed by atoms with Gasteiger partial charge in [0, 0.05) is 31.0 Å². The zero-order valence-corrected chi connectivity index (χ0v) is 9.11. The van der Waals surface area contributed by atoms with Crippen LogP contribution in [0.2, 0.25) is 0 Å². The van der Waals surface area contributed by atoms with Crippen LogP contribution in [-0.2, 0) is 4.74 Å². The van der Waals surface area contributed by atoms with Crippen molar-refractivity contribution in [2.75, 3.05) is 13.2 Å². The van der Waals surface area contributed by atoms with Gasteiger partial charge in [0.05, 0.1) is 6.61 Å². The van der Waals surface area contributed by atoms with E-state index in [1.807, 2.05) is 0 Å². The third-order valence-corrected chi connectivity index (χ3v) is 2.10. The molecule has 0 aliphatic rings. The average molecular weight is 207 g/mol. The summed E-state index contributed by atoms with van der Waals surface area (Å²) >= 11 is 0. The van der Waals surface area contributed by atoms with Gasteiger partial charge >= 0.3 is 0 Å². The lowest BCUT2D eigenvalue weighted by molar-refractivity contribution is 0.0873. The number of hydrogen-bond donors (Lipinski definition) is 0. The van der Waals surface area contributed by atoms with E-state index in [4.69, 9.17) is 4.74 Å². The minimum atomic E-state index is 0.0969. The maximum atomic E-state index is 11.6. The van der Waals surface area contributed by atoms with Gasteiger partial charge in [0.1, 0.15) is 0 Å². The summed E-state index contributed by atoms with van der Waals surface area (Å²) in [6.07, 6.45) is 5.87. The molecule has 0 fully saturated rings. The highest BCUT2D eigenvalue weighted by Gasteiger charge is 2.04. The molecule has 0 N–H and O–H groups in total. The van der Waals surface area contributed by atoms with Gasteiger partial charge in [0.25, 0.3) is 0 Å². The van der Waals surface area contributed by atoms with Gasteiger partial charge in [-0.05, 0) is 18.6 Å². The molecule has 0 aromatic carbocycles. The normalized spacial score (nSPS) is 10.2. The molecule has 0 aliphatic heterocycles. The molecule has 1 aromatic heterocycles. The first kappa shape index (κ1) is 11.9. The molecule has 0 unspecified atom stereocenters. The number of carbonyl (C=O) groups is 1. The number of carbonyl (C=O) groups excluding carboxylic acids is 1. The third-order valence-electron chi connectivity index (χ3n) is 2.10. The van der Waals surface area contributed by atoms with Crippen LogP contribution in [0.5, 0.6) is 0 Å². The summed E-state index contributed by atoms with van der Waals surface area (Å²) in [5.74, 6) is 0.0969. The van der Waals surface area contributed by atoms with E-state index in [1.165, 1.54) is 0 Å². The zero-order chi connectivity index (χ0) is 10.9. The van der Waals surface area contributed by atoms with Gasteiger partial charge in [-0.2, -0.15) is 0 Å². The Hall–Kier alpha value is -1.22. The molecule has 0 saturated heterocycles. The monoisotopic (exact) mass is 207 g/mol. The zero-order valence-electron chi connectivity index (χ0n) is 9.11. The first-order chi connectivity index (χ1) is 7.34. The van der Waals surface area contributed by atoms with Crippen LogP contribution in [0, 0.1) is 0 Å². The Kier molecular flexibility index (Phi) is 5.63. The van der Waals surface area contributed by atoms with Gasteiger partial charge in [-0.3, -0.25) is 9.78 Å². The van der Waals surface area contributed by atoms with Crippen LogP contribution in [0.25, 0.3) is 0 Å². The van der Waals surface area contributed by atoms with Crippen molar-refractivity contribution >= 4 is 5.78 Å². The Morgan fingerprint density at radius 3 is 3.00 bits per heavy atom. The van der Waals surface area contributed by atoms with Crippen molar-refractivity contribution in [3.8, 4) is 0 Å². The van der Waals surface area contributed by atoms with Crippen molar-refractivity contribution < 1.29 is 9.53 Å². The lowest BCUT2D eigenvalue weighted by Crippen LogP contribution is -2.05. The molecular formula is C12H17NO2. The molecule has 0 spiro atoms. The molecule has 3 heteroatoms. The number of hydrogen-bond acceptors (Lipinski definition) is 3.